The van der Waals surface area contributed by atoms with Crippen LogP contribution in [0.15, 0.2) is 0 Å². The average Bonchev–Trinajstić information content (AvgIpc) is 2.18. The normalized spacial score (nSPS) is 11.1. The molecule has 2 N–H and O–H groups in total. The van der Waals surface area contributed by atoms with Gasteiger partial charge in [-0.15, -0.1) is 0 Å². The van der Waals surface area contributed by atoms with E-state index in [1.54, 1.807) is 0 Å². The molecular weight excluding hydrogens is 238 g/mol. The minimum absolute atomic E-state index is 0.254. The molecule has 0 aliphatic rings. The molecule has 0 aromatic rings. The molecule has 0 aromatic carbocycles. The number of amides is 1. The zero-order valence-corrected chi connectivity index (χ0v) is 11.3. The highest BCUT2D eigenvalue weighted by Gasteiger charge is 2.15. The third kappa shape index (κ3) is 12.8. The summed E-state index contributed by atoms with van der Waals surface area (Å²) in [5.74, 6) is -0.957. The van der Waals surface area contributed by atoms with Crippen molar-refractivity contribution in [2.24, 2.45) is 0 Å². The molecule has 0 fully saturated rings. The Morgan fingerprint density at radius 1 is 1.17 bits per heavy atom. The minimum Gasteiger partial charge on any atom is -0.480 e. The van der Waals surface area contributed by atoms with Crippen LogP contribution in [0.3, 0.4) is 0 Å². The molecule has 6 heteroatoms. The predicted molar refractivity (Wildman–Crippen MR) is 66.5 cm³/mol. The van der Waals surface area contributed by atoms with Gasteiger partial charge in [-0.05, 0) is 40.0 Å². The number of carbonyl (C=O) groups excluding carboxylic acids is 1. The molecular formula is C12H23NO5. The second-order valence-corrected chi connectivity index (χ2v) is 4.94. The van der Waals surface area contributed by atoms with Gasteiger partial charge in [0.25, 0.3) is 0 Å². The van der Waals surface area contributed by atoms with E-state index in [1.165, 1.54) is 0 Å². The quantitative estimate of drug-likeness (QED) is 0.651. The number of carboxylic acid groups (broad SMARTS) is 1. The van der Waals surface area contributed by atoms with Gasteiger partial charge >= 0.3 is 12.1 Å². The van der Waals surface area contributed by atoms with Gasteiger partial charge in [0.15, 0.2) is 0 Å². The van der Waals surface area contributed by atoms with E-state index in [0.717, 1.165) is 19.3 Å². The molecule has 0 aliphatic heterocycles. The van der Waals surface area contributed by atoms with E-state index in [4.69, 9.17) is 14.6 Å². The van der Waals surface area contributed by atoms with Crippen LogP contribution in [0.1, 0.15) is 40.0 Å². The number of carbonyl (C=O) groups is 2. The standard InChI is InChI=1S/C12H23NO5/c1-12(2,3)18-11(16)13-7-5-4-6-8-17-9-10(14)15/h4-9H2,1-3H3,(H,13,16)(H,14,15). The Labute approximate surface area is 108 Å². The number of alkyl carbamates (subject to hydrolysis) is 1. The summed E-state index contributed by atoms with van der Waals surface area (Å²) in [4.78, 5) is 21.4. The van der Waals surface area contributed by atoms with E-state index in [0.29, 0.717) is 13.2 Å². The lowest BCUT2D eigenvalue weighted by Gasteiger charge is -2.19. The molecule has 0 radical (unpaired) electrons. The molecule has 18 heavy (non-hydrogen) atoms. The summed E-state index contributed by atoms with van der Waals surface area (Å²) in [6.45, 7) is 6.16. The smallest absolute Gasteiger partial charge is 0.407 e. The van der Waals surface area contributed by atoms with Crippen molar-refractivity contribution in [1.29, 1.82) is 0 Å². The van der Waals surface area contributed by atoms with Crippen LogP contribution in [0.2, 0.25) is 0 Å². The first kappa shape index (κ1) is 16.7. The lowest BCUT2D eigenvalue weighted by molar-refractivity contribution is -0.142. The molecule has 0 spiro atoms. The summed E-state index contributed by atoms with van der Waals surface area (Å²) < 4.78 is 9.95. The molecule has 0 aromatic heterocycles. The van der Waals surface area contributed by atoms with Crippen molar-refractivity contribution in [2.75, 3.05) is 19.8 Å². The Kier molecular flexibility index (Phi) is 8.11. The summed E-state index contributed by atoms with van der Waals surface area (Å²) in [6.07, 6.45) is 2.05. The van der Waals surface area contributed by atoms with Crippen molar-refractivity contribution in [3.8, 4) is 0 Å². The molecule has 0 heterocycles. The number of hydrogen-bond donors (Lipinski definition) is 2. The highest BCUT2D eigenvalue weighted by Crippen LogP contribution is 2.06. The molecule has 0 bridgehead atoms. The highest BCUT2D eigenvalue weighted by atomic mass is 16.6. The lowest BCUT2D eigenvalue weighted by Crippen LogP contribution is -2.33. The van der Waals surface area contributed by atoms with Crippen LogP contribution in [-0.4, -0.2) is 42.5 Å². The summed E-state index contributed by atoms with van der Waals surface area (Å²) in [7, 11) is 0. The van der Waals surface area contributed by atoms with Crippen LogP contribution in [0.5, 0.6) is 0 Å². The zero-order valence-electron chi connectivity index (χ0n) is 11.3. The van der Waals surface area contributed by atoms with E-state index in [1.807, 2.05) is 20.8 Å². The molecule has 0 unspecified atom stereocenters. The first-order valence-corrected chi connectivity index (χ1v) is 6.07. The molecule has 0 rings (SSSR count). The monoisotopic (exact) mass is 261 g/mol. The van der Waals surface area contributed by atoms with E-state index >= 15 is 0 Å². The number of hydrogen-bond acceptors (Lipinski definition) is 4. The van der Waals surface area contributed by atoms with Gasteiger partial charge in [0.05, 0.1) is 0 Å². The Morgan fingerprint density at radius 3 is 2.39 bits per heavy atom. The first-order chi connectivity index (χ1) is 8.31. The van der Waals surface area contributed by atoms with Crippen molar-refractivity contribution in [2.45, 2.75) is 45.6 Å². The third-order valence-electron chi connectivity index (χ3n) is 1.86. The van der Waals surface area contributed by atoms with Gasteiger partial charge in [-0.2, -0.15) is 0 Å². The van der Waals surface area contributed by atoms with Gasteiger partial charge in [0.2, 0.25) is 0 Å². The van der Waals surface area contributed by atoms with Crippen LogP contribution in [0.4, 0.5) is 4.79 Å². The van der Waals surface area contributed by atoms with Gasteiger partial charge in [-0.3, -0.25) is 0 Å². The van der Waals surface area contributed by atoms with Crippen molar-refractivity contribution in [1.82, 2.24) is 5.32 Å². The predicted octanol–water partition coefficient (Wildman–Crippen LogP) is 1.78. The molecule has 0 saturated heterocycles. The number of nitrogens with one attached hydrogen (secondary N) is 1. The van der Waals surface area contributed by atoms with E-state index in [-0.39, 0.29) is 6.61 Å². The molecule has 106 valence electrons. The Hall–Kier alpha value is -1.30. The topological polar surface area (TPSA) is 84.9 Å². The van der Waals surface area contributed by atoms with Gasteiger partial charge in [-0.1, -0.05) is 0 Å². The molecule has 0 saturated carbocycles. The summed E-state index contributed by atoms with van der Waals surface area (Å²) in [6, 6.07) is 0. The fourth-order valence-corrected chi connectivity index (χ4v) is 1.17. The summed E-state index contributed by atoms with van der Waals surface area (Å²) in [5, 5.41) is 11.0. The minimum atomic E-state index is -0.957. The summed E-state index contributed by atoms with van der Waals surface area (Å²) >= 11 is 0. The Balaban J connectivity index is 3.30. The molecule has 1 amide bonds. The second-order valence-electron chi connectivity index (χ2n) is 4.94. The number of rotatable bonds is 8. The van der Waals surface area contributed by atoms with Crippen molar-refractivity contribution in [3.05, 3.63) is 0 Å². The van der Waals surface area contributed by atoms with Crippen LogP contribution >= 0.6 is 0 Å². The fourth-order valence-electron chi connectivity index (χ4n) is 1.17. The number of ether oxygens (including phenoxy) is 2. The molecule has 0 atom stereocenters. The summed E-state index contributed by atoms with van der Waals surface area (Å²) in [5.41, 5.74) is -0.477. The maximum atomic E-state index is 11.2. The van der Waals surface area contributed by atoms with Crippen molar-refractivity contribution < 1.29 is 24.2 Å². The highest BCUT2D eigenvalue weighted by molar-refractivity contribution is 5.68. The fraction of sp³-hybridized carbons (Fsp3) is 0.833. The van der Waals surface area contributed by atoms with E-state index in [9.17, 15) is 9.59 Å². The zero-order chi connectivity index (χ0) is 14.0. The van der Waals surface area contributed by atoms with E-state index < -0.39 is 17.7 Å². The maximum absolute atomic E-state index is 11.2. The Morgan fingerprint density at radius 2 is 1.83 bits per heavy atom. The van der Waals surface area contributed by atoms with E-state index in [2.05, 4.69) is 5.32 Å². The van der Waals surface area contributed by atoms with Crippen molar-refractivity contribution in [3.63, 3.8) is 0 Å². The van der Waals surface area contributed by atoms with Crippen molar-refractivity contribution >= 4 is 12.1 Å². The average molecular weight is 261 g/mol. The van der Waals surface area contributed by atoms with Gasteiger partial charge in [-0.25, -0.2) is 9.59 Å². The van der Waals surface area contributed by atoms with Crippen LogP contribution in [0.25, 0.3) is 0 Å². The SMILES string of the molecule is CC(C)(C)OC(=O)NCCCCCOCC(=O)O. The van der Waals surface area contributed by atoms with Gasteiger partial charge < -0.3 is 19.9 Å². The lowest BCUT2D eigenvalue weighted by atomic mass is 10.2. The van der Waals surface area contributed by atoms with Gasteiger partial charge in [0, 0.05) is 13.2 Å². The number of aliphatic carboxylic acids is 1. The second kappa shape index (κ2) is 8.74. The van der Waals surface area contributed by atoms with Crippen LogP contribution in [0, 0.1) is 0 Å². The van der Waals surface area contributed by atoms with Crippen LogP contribution < -0.4 is 5.32 Å². The maximum Gasteiger partial charge on any atom is 0.407 e. The number of unbranched alkanes of at least 4 members (excludes halogenated alkanes) is 2. The van der Waals surface area contributed by atoms with Crippen LogP contribution in [-0.2, 0) is 14.3 Å². The first-order valence-electron chi connectivity index (χ1n) is 6.07. The Bertz CT molecular complexity index is 260. The number of carboxylic acids is 1. The largest absolute Gasteiger partial charge is 0.480 e. The van der Waals surface area contributed by atoms with Gasteiger partial charge in [0.1, 0.15) is 12.2 Å². The molecule has 6 nitrogen and oxygen atoms in total. The third-order valence-corrected chi connectivity index (χ3v) is 1.86. The molecule has 0 aliphatic carbocycles.